The Morgan fingerprint density at radius 1 is 0.567 bits per heavy atom. The summed E-state index contributed by atoms with van der Waals surface area (Å²) in [6, 6.07) is -1.16. The number of allylic oxidation sites excluding steroid dienone is 2. The van der Waals surface area contributed by atoms with E-state index in [0.29, 0.717) is 19.3 Å². The lowest BCUT2D eigenvalue weighted by molar-refractivity contribution is -0.303. The van der Waals surface area contributed by atoms with Crippen LogP contribution in [0.4, 0.5) is 0 Å². The molecule has 0 aliphatic carbocycles. The Morgan fingerprint density at radius 2 is 0.967 bits per heavy atom. The number of ether oxygens (including phenoxy) is 2. The number of aliphatic hydroxyl groups excluding tert-OH is 7. The van der Waals surface area contributed by atoms with E-state index in [2.05, 4.69) is 31.3 Å². The number of carbonyl (C=O) groups is 1. The highest BCUT2D eigenvalue weighted by atomic mass is 16.7. The molecule has 8 N–H and O–H groups in total. The number of unbranched alkanes of at least 4 members (excludes halogenated alkanes) is 28. The second-order valence-electron chi connectivity index (χ2n) is 17.9. The summed E-state index contributed by atoms with van der Waals surface area (Å²) in [4.78, 5) is 13.1. The van der Waals surface area contributed by atoms with E-state index >= 15 is 0 Å². The minimum atomic E-state index is -1.66. The number of hydrogen-bond donors (Lipinski definition) is 8. The first-order valence-electron chi connectivity index (χ1n) is 25.1. The van der Waals surface area contributed by atoms with Gasteiger partial charge in [0.25, 0.3) is 0 Å². The van der Waals surface area contributed by atoms with Crippen LogP contribution in [-0.4, -0.2) is 110 Å². The van der Waals surface area contributed by atoms with Gasteiger partial charge in [-0.3, -0.25) is 4.79 Å². The van der Waals surface area contributed by atoms with Crippen molar-refractivity contribution in [3.8, 4) is 0 Å². The predicted molar refractivity (Wildman–Crippen MR) is 243 cm³/mol. The Labute approximate surface area is 366 Å². The van der Waals surface area contributed by atoms with Crippen LogP contribution in [0.3, 0.4) is 0 Å². The summed E-state index contributed by atoms with van der Waals surface area (Å²) in [5, 5.41) is 75.5. The molecule has 1 aliphatic heterocycles. The molecule has 1 rings (SSSR count). The van der Waals surface area contributed by atoms with Crippen LogP contribution in [-0.2, 0) is 14.3 Å². The lowest BCUT2D eigenvalue weighted by atomic mass is 9.98. The average molecular weight is 858 g/mol. The third-order valence-corrected chi connectivity index (χ3v) is 12.3. The van der Waals surface area contributed by atoms with Crippen molar-refractivity contribution in [1.82, 2.24) is 5.32 Å². The molecule has 1 saturated heterocycles. The Hall–Kier alpha value is -1.15. The van der Waals surface area contributed by atoms with Gasteiger partial charge in [-0.2, -0.15) is 0 Å². The molecule has 0 spiro atoms. The Morgan fingerprint density at radius 3 is 1.40 bits per heavy atom. The van der Waals surface area contributed by atoms with Crippen LogP contribution in [0.5, 0.6) is 0 Å². The largest absolute Gasteiger partial charge is 0.394 e. The smallest absolute Gasteiger partial charge is 0.249 e. The minimum absolute atomic E-state index is 0.260. The number of amides is 1. The van der Waals surface area contributed by atoms with E-state index in [-0.39, 0.29) is 6.42 Å². The summed E-state index contributed by atoms with van der Waals surface area (Å²) in [7, 11) is 0. The van der Waals surface area contributed by atoms with Gasteiger partial charge in [-0.1, -0.05) is 199 Å². The van der Waals surface area contributed by atoms with Crippen LogP contribution in [0.25, 0.3) is 0 Å². The second kappa shape index (κ2) is 39.4. The normalized spacial score (nSPS) is 21.6. The third kappa shape index (κ3) is 28.5. The summed E-state index contributed by atoms with van der Waals surface area (Å²) < 4.78 is 11.1. The van der Waals surface area contributed by atoms with Crippen LogP contribution in [0, 0.1) is 0 Å². The van der Waals surface area contributed by atoms with Crippen molar-refractivity contribution < 1.29 is 50.0 Å². The van der Waals surface area contributed by atoms with Gasteiger partial charge in [0.1, 0.15) is 36.6 Å². The molecule has 11 heteroatoms. The molecule has 0 aromatic carbocycles. The van der Waals surface area contributed by atoms with Crippen molar-refractivity contribution in [2.75, 3.05) is 13.2 Å². The van der Waals surface area contributed by atoms with Crippen molar-refractivity contribution in [1.29, 1.82) is 0 Å². The van der Waals surface area contributed by atoms with Crippen molar-refractivity contribution in [2.45, 2.75) is 281 Å². The molecule has 11 nitrogen and oxygen atoms in total. The molecule has 0 bridgehead atoms. The van der Waals surface area contributed by atoms with E-state index < -0.39 is 74.2 Å². The van der Waals surface area contributed by atoms with Gasteiger partial charge in [-0.25, -0.2) is 0 Å². The Bertz CT molecular complexity index is 986. The molecule has 0 saturated carbocycles. The molecule has 60 heavy (non-hydrogen) atoms. The Kier molecular flexibility index (Phi) is 37.4. The van der Waals surface area contributed by atoms with E-state index in [9.17, 15) is 40.5 Å². The molecule has 1 amide bonds. The van der Waals surface area contributed by atoms with E-state index in [4.69, 9.17) is 9.47 Å². The summed E-state index contributed by atoms with van der Waals surface area (Å²) in [6.45, 7) is 3.41. The third-order valence-electron chi connectivity index (χ3n) is 12.3. The number of hydrogen-bond acceptors (Lipinski definition) is 10. The van der Waals surface area contributed by atoms with E-state index in [1.807, 2.05) is 0 Å². The summed E-state index contributed by atoms with van der Waals surface area (Å²) >= 11 is 0. The summed E-state index contributed by atoms with van der Waals surface area (Å²) in [6.07, 6.45) is 31.5. The fourth-order valence-electron chi connectivity index (χ4n) is 8.14. The average Bonchev–Trinajstić information content (AvgIpc) is 3.25. The molecule has 0 aromatic heterocycles. The topological polar surface area (TPSA) is 189 Å². The molecule has 1 fully saturated rings. The van der Waals surface area contributed by atoms with Gasteiger partial charge in [0, 0.05) is 0 Å². The summed E-state index contributed by atoms with van der Waals surface area (Å²) in [5.41, 5.74) is 0. The molecule has 0 aromatic rings. The molecule has 356 valence electrons. The van der Waals surface area contributed by atoms with Crippen LogP contribution in [0.15, 0.2) is 12.2 Å². The van der Waals surface area contributed by atoms with E-state index in [0.717, 1.165) is 38.5 Å². The first-order valence-corrected chi connectivity index (χ1v) is 25.1. The number of aliphatic hydroxyl groups is 7. The van der Waals surface area contributed by atoms with Gasteiger partial charge in [-0.15, -0.1) is 0 Å². The van der Waals surface area contributed by atoms with Crippen LogP contribution in [0.1, 0.15) is 226 Å². The number of carbonyl (C=O) groups excluding carboxylic acids is 1. The quantitative estimate of drug-likeness (QED) is 0.0218. The molecule has 1 heterocycles. The summed E-state index contributed by atoms with van der Waals surface area (Å²) in [5.74, 6) is -0.699. The zero-order valence-electron chi connectivity index (χ0n) is 38.5. The molecular formula is C49H95NO10. The number of rotatable bonds is 42. The maximum atomic E-state index is 13.1. The fourth-order valence-corrected chi connectivity index (χ4v) is 8.14. The van der Waals surface area contributed by atoms with Crippen molar-refractivity contribution in [3.05, 3.63) is 12.2 Å². The molecule has 1 aliphatic rings. The highest BCUT2D eigenvalue weighted by molar-refractivity contribution is 5.80. The van der Waals surface area contributed by atoms with Crippen molar-refractivity contribution in [3.63, 3.8) is 0 Å². The number of nitrogens with one attached hydrogen (secondary N) is 1. The highest BCUT2D eigenvalue weighted by Crippen LogP contribution is 2.23. The van der Waals surface area contributed by atoms with Gasteiger partial charge in [0.15, 0.2) is 6.29 Å². The first kappa shape index (κ1) is 56.9. The van der Waals surface area contributed by atoms with Crippen molar-refractivity contribution >= 4 is 5.91 Å². The lowest BCUT2D eigenvalue weighted by Crippen LogP contribution is -2.60. The van der Waals surface area contributed by atoms with Gasteiger partial charge >= 0.3 is 0 Å². The fraction of sp³-hybridized carbons (Fsp3) is 0.939. The maximum absolute atomic E-state index is 13.1. The van der Waals surface area contributed by atoms with Gasteiger partial charge in [0.2, 0.25) is 5.91 Å². The first-order chi connectivity index (χ1) is 29.2. The predicted octanol–water partition coefficient (Wildman–Crippen LogP) is 8.84. The van der Waals surface area contributed by atoms with Crippen LogP contribution >= 0.6 is 0 Å². The molecule has 9 atom stereocenters. The standard InChI is InChI=1S/C49H95NO10/c1-3-5-7-9-11-13-14-15-16-17-18-19-20-21-22-23-24-25-26-27-28-29-31-33-35-37-42(53)48(58)50-40(39-59-49-47(57)46(56)45(55)43(38-51)60-49)44(54)41(52)36-34-32-30-12-10-8-6-4-2/h21-22,40-47,49,51-57H,3-20,23-39H2,1-2H3,(H,50,58)/b22-21-. The van der Waals surface area contributed by atoms with Crippen LogP contribution < -0.4 is 5.32 Å². The molecule has 0 radical (unpaired) electrons. The van der Waals surface area contributed by atoms with Gasteiger partial charge < -0.3 is 50.5 Å². The SMILES string of the molecule is CCCCCCCCCCCCCC/C=C\CCCCCCCCCCCC(O)C(=O)NC(COC1OC(CO)C(O)C(O)C1O)C(O)C(O)CCCCCCCCCC. The Balaban J connectivity index is 2.27. The van der Waals surface area contributed by atoms with Crippen molar-refractivity contribution in [2.24, 2.45) is 0 Å². The highest BCUT2D eigenvalue weighted by Gasteiger charge is 2.44. The minimum Gasteiger partial charge on any atom is -0.394 e. The van der Waals surface area contributed by atoms with E-state index in [1.54, 1.807) is 0 Å². The molecule has 9 unspecified atom stereocenters. The van der Waals surface area contributed by atoms with Gasteiger partial charge in [0.05, 0.1) is 25.4 Å². The monoisotopic (exact) mass is 858 g/mol. The lowest BCUT2D eigenvalue weighted by Gasteiger charge is -2.40. The van der Waals surface area contributed by atoms with Gasteiger partial charge in [-0.05, 0) is 38.5 Å². The maximum Gasteiger partial charge on any atom is 0.249 e. The second-order valence-corrected chi connectivity index (χ2v) is 17.9. The van der Waals surface area contributed by atoms with E-state index in [1.165, 1.54) is 148 Å². The molecular weight excluding hydrogens is 763 g/mol. The zero-order valence-corrected chi connectivity index (χ0v) is 38.5. The van der Waals surface area contributed by atoms with Crippen LogP contribution in [0.2, 0.25) is 0 Å². The zero-order chi connectivity index (χ0) is 44.1.